The minimum Gasteiger partial charge on any atom is -0.508 e. The van der Waals surface area contributed by atoms with Gasteiger partial charge in [-0.25, -0.2) is 0 Å². The summed E-state index contributed by atoms with van der Waals surface area (Å²) in [7, 11) is 3.92. The number of rotatable bonds is 23. The SMILES string of the molecule is CCCC[C@H]1C(=O)N(C)[C@@H](CCCC)C(=O)N[C@@H](C)C(=O)N[C@H](C(=O)NCC(N)=O)CSCC(=O)N[C@@H](Cc2ccc(O)cc2)C(=O)N(C)[C@H](C)C(=O)C[C@@H](CC(N)=O)C(=O)N2CCC[C@H]2C(=O)N[C@@H](CC2=CN=CC2)C(=O)N[C@@H](CCC(=O)O)C(=O)N2C[C@H](O)C[C@H]2C(=O)N[C@@H](Cc2c[nH]c3ccccc23)C(=O)N[C@@H](CO)C(=O)N[C@@H](Cc2c[nH]c3ccccc23)C(=O)N1C. The molecule has 131 heavy (non-hydrogen) atoms. The number of thioether (sulfide) groups is 1. The first kappa shape index (κ1) is 102. The number of aromatic amines is 2. The van der Waals surface area contributed by atoms with E-state index in [-0.39, 0.29) is 70.1 Å². The van der Waals surface area contributed by atoms with Crippen LogP contribution in [0.4, 0.5) is 0 Å². The van der Waals surface area contributed by atoms with E-state index < -0.39 is 260 Å². The molecule has 4 aliphatic rings. The van der Waals surface area contributed by atoms with Gasteiger partial charge in [0.15, 0.2) is 5.78 Å². The average molecular weight is 1840 g/mol. The van der Waals surface area contributed by atoms with Crippen molar-refractivity contribution >= 4 is 146 Å². The number of benzene rings is 3. The maximum Gasteiger partial charge on any atom is 0.303 e. The predicted octanol–water partition coefficient (Wildman–Crippen LogP) is -1.48. The Labute approximate surface area is 760 Å². The molecular weight excluding hydrogens is 1720 g/mol. The van der Waals surface area contributed by atoms with E-state index in [1.165, 1.54) is 71.7 Å². The second-order valence-corrected chi connectivity index (χ2v) is 34.5. The van der Waals surface area contributed by atoms with Crippen molar-refractivity contribution in [3.63, 3.8) is 0 Å². The number of ketones is 1. The number of H-pyrrole nitrogens is 2. The zero-order valence-electron chi connectivity index (χ0n) is 74.3. The average Bonchev–Trinajstić information content (AvgIpc) is 1.62. The van der Waals surface area contributed by atoms with Crippen molar-refractivity contribution in [2.24, 2.45) is 22.4 Å². The number of primary amides is 2. The van der Waals surface area contributed by atoms with E-state index >= 15 is 33.6 Å². The van der Waals surface area contributed by atoms with E-state index in [1.54, 1.807) is 60.9 Å². The lowest BCUT2D eigenvalue weighted by atomic mass is 9.93. The van der Waals surface area contributed by atoms with Crippen molar-refractivity contribution in [2.75, 3.05) is 58.9 Å². The molecule has 9 rings (SSSR count). The standard InChI is InChI=1S/C89H119N19O22S/c1-8-10-21-68-82(123)96-48(3)77(118)103-67(78(119)95-43-74(91)114)46-131-47-75(115)97-64(33-50-24-26-55(110)27-25-50)86(127)104(5)49(4)72(112)37-52(38-73(90)113)85(126)107-32-16-23-69(107)83(124)99-62(34-51-30-31-92-40-51)79(120)98-61(28-29-76(116)117)88(129)108-44-56(111)39-71(108)84(125)100-63(35-53-41-93-59-19-14-12-17-57(53)59)80(121)102-66(45-109)81(122)101-65(36-54-42-94-60-20-15-13-18-58(54)60)87(128)106(7)70(22-11-9-2)89(130)105(68)6/h12-15,17-20,24-27,31,40-42,48-49,52,56,61-71,93-94,109-111H,8-11,16,21-23,28-30,32-39,43-47H2,1-7H3,(H2,90,113)(H2,91,114)(H,95,119)(H,96,123)(H,97,115)(H,98,120)(H,99,124)(H,100,125)(H,101,122)(H,102,121)(H,103,118)(H,116,117)/t48-,49+,52-,56+,61-,62-,63-,64-,65-,66-,67-,68-,69-,70-,71-/m0/s1. The Hall–Kier alpha value is -13.1. The van der Waals surface area contributed by atoms with E-state index in [1.807, 2.05) is 13.8 Å². The van der Waals surface area contributed by atoms with Crippen molar-refractivity contribution in [1.29, 1.82) is 0 Å². The van der Waals surface area contributed by atoms with Gasteiger partial charge in [-0.05, 0) is 98.9 Å². The summed E-state index contributed by atoms with van der Waals surface area (Å²) in [6.07, 6.45) is 2.18. The number of unbranched alkanes of at least 4 members (excludes halogenated alkanes) is 2. The zero-order valence-corrected chi connectivity index (χ0v) is 75.1. The number of nitrogens with two attached hydrogens (primary N) is 2. The molecule has 3 aromatic carbocycles. The molecule has 6 heterocycles. The number of carbonyl (C=O) groups excluding carboxylic acids is 17. The van der Waals surface area contributed by atoms with Crippen LogP contribution in [-0.2, 0) is 106 Å². The Morgan fingerprint density at radius 1 is 0.573 bits per heavy atom. The number of nitrogens with one attached hydrogen (secondary N) is 11. The summed E-state index contributed by atoms with van der Waals surface area (Å²) in [5.41, 5.74) is 14.2. The summed E-state index contributed by atoms with van der Waals surface area (Å²) in [6, 6.07) is -0.818. The van der Waals surface area contributed by atoms with Crippen molar-refractivity contribution < 1.29 is 107 Å². The van der Waals surface area contributed by atoms with Crippen LogP contribution < -0.4 is 59.3 Å². The number of aliphatic carboxylic acids is 1. The summed E-state index contributed by atoms with van der Waals surface area (Å²) in [4.78, 5) is 276. The fourth-order valence-electron chi connectivity index (χ4n) is 16.4. The number of likely N-dealkylation sites (N-methyl/N-ethyl adjacent to an activating group) is 3. The highest BCUT2D eigenvalue weighted by Gasteiger charge is 2.47. The first-order valence-electron chi connectivity index (χ1n) is 43.8. The number of aromatic hydroxyl groups is 1. The van der Waals surface area contributed by atoms with Gasteiger partial charge in [0.25, 0.3) is 0 Å². The lowest BCUT2D eigenvalue weighted by molar-refractivity contribution is -0.149. The molecular formula is C89H119N19O22S. The van der Waals surface area contributed by atoms with E-state index in [0.29, 0.717) is 69.8 Å². The van der Waals surface area contributed by atoms with Crippen LogP contribution in [0.5, 0.6) is 5.75 Å². The van der Waals surface area contributed by atoms with Crippen molar-refractivity contribution in [1.82, 2.24) is 82.3 Å². The van der Waals surface area contributed by atoms with E-state index in [2.05, 4.69) is 62.8 Å². The number of carboxylic acid groups (broad SMARTS) is 1. The zero-order chi connectivity index (χ0) is 95.6. The lowest BCUT2D eigenvalue weighted by Gasteiger charge is -2.36. The minimum atomic E-state index is -1.92. The molecule has 15 atom stereocenters. The second kappa shape index (κ2) is 48.0. The molecule has 0 spiro atoms. The summed E-state index contributed by atoms with van der Waals surface area (Å²) < 4.78 is 0. The number of hydrogen-bond acceptors (Lipinski definition) is 23. The Bertz CT molecular complexity index is 5100. The van der Waals surface area contributed by atoms with Crippen LogP contribution in [0.1, 0.15) is 141 Å². The number of aliphatic hydroxyl groups excluding tert-OH is 2. The fraction of sp³-hybridized carbons (Fsp3) is 0.517. The molecule has 3 saturated heterocycles. The molecule has 16 amide bonds. The molecule has 42 heteroatoms. The molecule has 4 aliphatic heterocycles. The summed E-state index contributed by atoms with van der Waals surface area (Å²) in [6.45, 7) is 3.76. The van der Waals surface area contributed by atoms with Crippen LogP contribution in [-0.4, -0.2) is 311 Å². The van der Waals surface area contributed by atoms with Gasteiger partial charge >= 0.3 is 5.97 Å². The van der Waals surface area contributed by atoms with Gasteiger partial charge < -0.3 is 114 Å². The summed E-state index contributed by atoms with van der Waals surface area (Å²) >= 11 is 0.780. The quantitative estimate of drug-likeness (QED) is 0.0355. The van der Waals surface area contributed by atoms with Crippen LogP contribution in [0, 0.1) is 5.92 Å². The predicted molar refractivity (Wildman–Crippen MR) is 478 cm³/mol. The smallest absolute Gasteiger partial charge is 0.303 e. The van der Waals surface area contributed by atoms with Crippen LogP contribution in [0.3, 0.4) is 0 Å². The van der Waals surface area contributed by atoms with Crippen molar-refractivity contribution in [3.05, 3.63) is 114 Å². The number of carboxylic acids is 1. The normalized spacial score (nSPS) is 25.6. The summed E-state index contributed by atoms with van der Waals surface area (Å²) in [5, 5.41) is 67.4. The van der Waals surface area contributed by atoms with E-state index in [4.69, 9.17) is 11.5 Å². The Morgan fingerprint density at radius 2 is 1.13 bits per heavy atom. The number of amides is 16. The topological polar surface area (TPSA) is 609 Å². The number of phenols is 1. The Balaban J connectivity index is 1.08. The fourth-order valence-corrected chi connectivity index (χ4v) is 17.3. The largest absolute Gasteiger partial charge is 0.508 e. The third-order valence-electron chi connectivity index (χ3n) is 23.9. The highest BCUT2D eigenvalue weighted by atomic mass is 32.2. The number of nitrogens with zero attached hydrogens (tertiary/aromatic N) is 6. The first-order chi connectivity index (χ1) is 62.4. The molecule has 0 unspecified atom stereocenters. The molecule has 3 fully saturated rings. The number of Topliss-reactive ketones (excluding diaryl/α,β-unsaturated/α-hetero) is 1. The van der Waals surface area contributed by atoms with Crippen molar-refractivity contribution in [2.45, 2.75) is 228 Å². The van der Waals surface area contributed by atoms with Gasteiger partial charge in [0.1, 0.15) is 78.3 Å². The molecule has 41 nitrogen and oxygen atoms in total. The molecule has 19 N–H and O–H groups in total. The molecule has 0 aliphatic carbocycles. The molecule has 0 bridgehead atoms. The number of para-hydroxylation sites is 2. The van der Waals surface area contributed by atoms with Crippen LogP contribution in [0.2, 0.25) is 0 Å². The number of fused-ring (bicyclic) bond motifs is 4. The number of hydrogen-bond donors (Lipinski definition) is 17. The van der Waals surface area contributed by atoms with Gasteiger partial charge in [0.05, 0.1) is 37.0 Å². The number of aliphatic hydroxyl groups is 2. The van der Waals surface area contributed by atoms with Crippen LogP contribution >= 0.6 is 11.8 Å². The first-order valence-corrected chi connectivity index (χ1v) is 44.9. The van der Waals surface area contributed by atoms with Gasteiger partial charge in [-0.3, -0.25) is 91.3 Å². The van der Waals surface area contributed by atoms with Gasteiger partial charge in [0.2, 0.25) is 94.5 Å². The van der Waals surface area contributed by atoms with Gasteiger partial charge in [-0.1, -0.05) is 88.1 Å². The third-order valence-corrected chi connectivity index (χ3v) is 24.9. The van der Waals surface area contributed by atoms with Crippen molar-refractivity contribution in [3.8, 4) is 5.75 Å². The summed E-state index contributed by atoms with van der Waals surface area (Å²) in [5.74, 6) is -20.1. The van der Waals surface area contributed by atoms with Gasteiger partial charge in [-0.15, -0.1) is 11.8 Å². The molecule has 708 valence electrons. The van der Waals surface area contributed by atoms with Gasteiger partial charge in [0, 0.05) is 138 Å². The molecule has 0 radical (unpaired) electrons. The number of carbonyl (C=O) groups is 18. The van der Waals surface area contributed by atoms with Crippen LogP contribution in [0.15, 0.2) is 102 Å². The molecule has 5 aromatic rings. The maximum atomic E-state index is 15.6. The maximum absolute atomic E-state index is 15.6. The van der Waals surface area contributed by atoms with Crippen LogP contribution in [0.25, 0.3) is 21.8 Å². The second-order valence-electron chi connectivity index (χ2n) is 33.5. The van der Waals surface area contributed by atoms with Gasteiger partial charge in [-0.2, -0.15) is 0 Å². The molecule has 0 saturated carbocycles. The Morgan fingerprint density at radius 3 is 1.73 bits per heavy atom. The third kappa shape index (κ3) is 27.7. The number of aromatic nitrogens is 2. The number of phenolic OH excluding ortho intramolecular Hbond substituents is 1. The number of aliphatic imine (C=N–C) groups is 1. The minimum absolute atomic E-state index is 0.00212. The highest BCUT2D eigenvalue weighted by Crippen LogP contribution is 2.30. The highest BCUT2D eigenvalue weighted by molar-refractivity contribution is 8.00. The molecule has 2 aromatic heterocycles. The monoisotopic (exact) mass is 1840 g/mol. The Kier molecular flexibility index (Phi) is 37.2. The van der Waals surface area contributed by atoms with E-state index in [9.17, 15) is 73.2 Å². The lowest BCUT2D eigenvalue weighted by Crippen LogP contribution is -2.61. The van der Waals surface area contributed by atoms with E-state index in [0.717, 1.165) is 36.3 Å².